The van der Waals surface area contributed by atoms with Crippen molar-refractivity contribution >= 4 is 0 Å². The maximum atomic E-state index is 6.00. The third-order valence-corrected chi connectivity index (χ3v) is 4.61. The molecule has 0 spiro atoms. The Morgan fingerprint density at radius 2 is 2.00 bits per heavy atom. The van der Waals surface area contributed by atoms with E-state index in [1.165, 1.54) is 11.1 Å². The molecule has 0 saturated carbocycles. The van der Waals surface area contributed by atoms with E-state index in [1.807, 2.05) is 13.8 Å². The summed E-state index contributed by atoms with van der Waals surface area (Å²) >= 11 is 0. The van der Waals surface area contributed by atoms with Crippen molar-refractivity contribution in [2.24, 2.45) is 11.7 Å². The molecular weight excluding hydrogens is 262 g/mol. The van der Waals surface area contributed by atoms with Gasteiger partial charge in [-0.1, -0.05) is 35.5 Å². The van der Waals surface area contributed by atoms with E-state index in [2.05, 4.69) is 40.4 Å². The number of aryl methyl sites for hydroxylation is 2. The zero-order valence-corrected chi connectivity index (χ0v) is 12.7. The third-order valence-electron chi connectivity index (χ3n) is 4.61. The van der Waals surface area contributed by atoms with Gasteiger partial charge in [0.15, 0.2) is 0 Å². The van der Waals surface area contributed by atoms with E-state index >= 15 is 0 Å². The molecule has 2 aromatic rings. The molecule has 0 aliphatic carbocycles. The lowest BCUT2D eigenvalue weighted by Crippen LogP contribution is -2.23. The first-order valence-corrected chi connectivity index (χ1v) is 7.58. The largest absolute Gasteiger partial charge is 0.361 e. The van der Waals surface area contributed by atoms with Crippen LogP contribution >= 0.6 is 0 Å². The number of hydrogen-bond acceptors (Lipinski definition) is 4. The summed E-state index contributed by atoms with van der Waals surface area (Å²) in [6, 6.07) is 10.7. The minimum atomic E-state index is 0.521. The average molecular weight is 285 g/mol. The maximum Gasteiger partial charge on any atom is 0.138 e. The second kappa shape index (κ2) is 6.00. The Morgan fingerprint density at radius 1 is 1.24 bits per heavy atom. The van der Waals surface area contributed by atoms with Gasteiger partial charge in [-0.2, -0.15) is 0 Å². The normalized spacial score (nSPS) is 22.8. The van der Waals surface area contributed by atoms with Crippen LogP contribution in [0, 0.1) is 19.8 Å². The number of aromatic nitrogens is 1. The van der Waals surface area contributed by atoms with Crippen LogP contribution in [-0.2, 0) is 6.54 Å². The molecule has 0 unspecified atom stereocenters. The fraction of sp³-hybridized carbons (Fsp3) is 0.471. The summed E-state index contributed by atoms with van der Waals surface area (Å²) in [6.07, 6.45) is 0. The summed E-state index contributed by atoms with van der Waals surface area (Å²) in [5.74, 6) is 1.98. The topological polar surface area (TPSA) is 55.3 Å². The molecule has 0 radical (unpaired) electrons. The molecule has 3 rings (SSSR count). The lowest BCUT2D eigenvalue weighted by Gasteiger charge is -2.16. The quantitative estimate of drug-likeness (QED) is 0.937. The first-order chi connectivity index (χ1) is 10.2. The standard InChI is InChI=1S/C17H23N3O/c1-12-16(13(2)21-19-12)10-20-9-15(8-18)17(11-20)14-6-4-3-5-7-14/h3-7,15,17H,8-11,18H2,1-2H3/t15-,17+/m1/s1. The van der Waals surface area contributed by atoms with E-state index < -0.39 is 0 Å². The van der Waals surface area contributed by atoms with Crippen LogP contribution in [0.25, 0.3) is 0 Å². The van der Waals surface area contributed by atoms with Gasteiger partial charge in [0.1, 0.15) is 5.76 Å². The van der Waals surface area contributed by atoms with Crippen molar-refractivity contribution in [3.63, 3.8) is 0 Å². The second-order valence-corrected chi connectivity index (χ2v) is 6.01. The fourth-order valence-corrected chi connectivity index (χ4v) is 3.36. The van der Waals surface area contributed by atoms with Gasteiger partial charge >= 0.3 is 0 Å². The molecule has 1 fully saturated rings. The number of nitrogens with zero attached hydrogens (tertiary/aromatic N) is 2. The average Bonchev–Trinajstić information content (AvgIpc) is 3.06. The zero-order chi connectivity index (χ0) is 14.8. The Morgan fingerprint density at radius 3 is 2.62 bits per heavy atom. The van der Waals surface area contributed by atoms with Crippen molar-refractivity contribution in [3.8, 4) is 0 Å². The number of benzene rings is 1. The smallest absolute Gasteiger partial charge is 0.138 e. The van der Waals surface area contributed by atoms with Gasteiger partial charge in [-0.25, -0.2) is 0 Å². The van der Waals surface area contributed by atoms with E-state index in [0.29, 0.717) is 11.8 Å². The van der Waals surface area contributed by atoms with Crippen LogP contribution in [0.1, 0.15) is 28.5 Å². The van der Waals surface area contributed by atoms with Crippen LogP contribution in [0.5, 0.6) is 0 Å². The number of rotatable bonds is 4. The van der Waals surface area contributed by atoms with Crippen molar-refractivity contribution in [3.05, 3.63) is 52.9 Å². The highest BCUT2D eigenvalue weighted by Gasteiger charge is 2.33. The molecular formula is C17H23N3O. The molecule has 2 N–H and O–H groups in total. The molecule has 21 heavy (non-hydrogen) atoms. The molecule has 112 valence electrons. The molecule has 4 heteroatoms. The molecule has 1 aromatic heterocycles. The predicted octanol–water partition coefficient (Wildman–Crippen LogP) is 2.47. The highest BCUT2D eigenvalue weighted by atomic mass is 16.5. The minimum absolute atomic E-state index is 0.521. The van der Waals surface area contributed by atoms with Crippen LogP contribution in [0.4, 0.5) is 0 Å². The summed E-state index contributed by atoms with van der Waals surface area (Å²) in [5.41, 5.74) is 9.62. The lowest BCUT2D eigenvalue weighted by molar-refractivity contribution is 0.313. The molecule has 2 heterocycles. The van der Waals surface area contributed by atoms with Crippen LogP contribution < -0.4 is 5.73 Å². The van der Waals surface area contributed by atoms with Crippen molar-refractivity contribution in [2.45, 2.75) is 26.3 Å². The summed E-state index contributed by atoms with van der Waals surface area (Å²) in [5, 5.41) is 4.05. The van der Waals surface area contributed by atoms with Gasteiger partial charge in [0.25, 0.3) is 0 Å². The number of nitrogens with two attached hydrogens (primary N) is 1. The summed E-state index contributed by atoms with van der Waals surface area (Å²) in [7, 11) is 0. The highest BCUT2D eigenvalue weighted by molar-refractivity contribution is 5.24. The number of likely N-dealkylation sites (tertiary alicyclic amines) is 1. The Kier molecular flexibility index (Phi) is 4.08. The SMILES string of the molecule is Cc1noc(C)c1CN1C[C@@H](CN)[C@H](c2ccccc2)C1. The Balaban J connectivity index is 1.75. The van der Waals surface area contributed by atoms with E-state index in [0.717, 1.165) is 37.6 Å². The predicted molar refractivity (Wildman–Crippen MR) is 83.0 cm³/mol. The van der Waals surface area contributed by atoms with Gasteiger partial charge in [0.05, 0.1) is 5.69 Å². The van der Waals surface area contributed by atoms with Gasteiger partial charge in [-0.3, -0.25) is 4.90 Å². The van der Waals surface area contributed by atoms with Crippen LogP contribution in [0.2, 0.25) is 0 Å². The number of hydrogen-bond donors (Lipinski definition) is 1. The molecule has 1 aromatic carbocycles. The highest BCUT2D eigenvalue weighted by Crippen LogP contribution is 2.33. The van der Waals surface area contributed by atoms with Crippen molar-refractivity contribution in [1.29, 1.82) is 0 Å². The lowest BCUT2D eigenvalue weighted by atomic mass is 9.89. The first kappa shape index (κ1) is 14.3. The third kappa shape index (κ3) is 2.87. The first-order valence-electron chi connectivity index (χ1n) is 7.58. The van der Waals surface area contributed by atoms with Gasteiger partial charge in [-0.05, 0) is 31.9 Å². The van der Waals surface area contributed by atoms with E-state index in [-0.39, 0.29) is 0 Å². The Hall–Kier alpha value is -1.65. The molecule has 1 aliphatic rings. The maximum absolute atomic E-state index is 6.00. The van der Waals surface area contributed by atoms with E-state index in [4.69, 9.17) is 10.3 Å². The van der Waals surface area contributed by atoms with Gasteiger partial charge in [0.2, 0.25) is 0 Å². The summed E-state index contributed by atoms with van der Waals surface area (Å²) < 4.78 is 5.27. The van der Waals surface area contributed by atoms with Crippen molar-refractivity contribution in [1.82, 2.24) is 10.1 Å². The van der Waals surface area contributed by atoms with Crippen molar-refractivity contribution in [2.75, 3.05) is 19.6 Å². The molecule has 0 bridgehead atoms. The Labute approximate surface area is 125 Å². The molecule has 1 aliphatic heterocycles. The minimum Gasteiger partial charge on any atom is -0.361 e. The molecule has 2 atom stereocenters. The van der Waals surface area contributed by atoms with E-state index in [1.54, 1.807) is 0 Å². The zero-order valence-electron chi connectivity index (χ0n) is 12.7. The van der Waals surface area contributed by atoms with Gasteiger partial charge < -0.3 is 10.3 Å². The molecule has 1 saturated heterocycles. The van der Waals surface area contributed by atoms with Crippen molar-refractivity contribution < 1.29 is 4.52 Å². The van der Waals surface area contributed by atoms with Crippen LogP contribution in [0.15, 0.2) is 34.9 Å². The van der Waals surface area contributed by atoms with Crippen LogP contribution in [-0.4, -0.2) is 29.7 Å². The summed E-state index contributed by atoms with van der Waals surface area (Å²) in [6.45, 7) is 7.73. The van der Waals surface area contributed by atoms with Crippen LogP contribution in [0.3, 0.4) is 0 Å². The van der Waals surface area contributed by atoms with Gasteiger partial charge in [-0.15, -0.1) is 0 Å². The molecule has 4 nitrogen and oxygen atoms in total. The Bertz CT molecular complexity index is 574. The molecule has 0 amide bonds. The van der Waals surface area contributed by atoms with Gasteiger partial charge in [0, 0.05) is 31.1 Å². The fourth-order valence-electron chi connectivity index (χ4n) is 3.36. The second-order valence-electron chi connectivity index (χ2n) is 6.01. The monoisotopic (exact) mass is 285 g/mol. The summed E-state index contributed by atoms with van der Waals surface area (Å²) in [4.78, 5) is 2.47. The van der Waals surface area contributed by atoms with E-state index in [9.17, 15) is 0 Å².